The fraction of sp³-hybridized carbons (Fsp3) is 1.00. The molecule has 0 aromatic carbocycles. The quantitative estimate of drug-likeness (QED) is 0.617. The first-order chi connectivity index (χ1) is 7.67. The second kappa shape index (κ2) is 4.16. The van der Waals surface area contributed by atoms with Gasteiger partial charge in [0.2, 0.25) is 0 Å². The minimum Gasteiger partial charge on any atom is -0.289 e. The molecule has 1 fully saturated rings. The summed E-state index contributed by atoms with van der Waals surface area (Å²) in [6.07, 6.45) is -0.0193. The Kier molecular flexibility index (Phi) is 3.67. The second-order valence-corrected chi connectivity index (χ2v) is 8.59. The molecular formula is C15H29F2N. The van der Waals surface area contributed by atoms with Gasteiger partial charge in [0.15, 0.2) is 0 Å². The number of nitrogens with zero attached hydrogens (tertiary/aromatic N) is 1. The highest BCUT2D eigenvalue weighted by Crippen LogP contribution is 2.50. The maximum atomic E-state index is 14.0. The maximum Gasteiger partial charge on any atom is 0.261 e. The topological polar surface area (TPSA) is 3.24 Å². The Morgan fingerprint density at radius 2 is 1.44 bits per heavy atom. The number of hydrogen-bond acceptors (Lipinski definition) is 1. The molecule has 108 valence electrons. The third-order valence-corrected chi connectivity index (χ3v) is 3.85. The molecule has 0 N–H and O–H groups in total. The van der Waals surface area contributed by atoms with E-state index in [0.717, 1.165) is 0 Å². The van der Waals surface area contributed by atoms with Crippen LogP contribution in [0, 0.1) is 10.8 Å². The summed E-state index contributed by atoms with van der Waals surface area (Å²) < 4.78 is 28.0. The summed E-state index contributed by atoms with van der Waals surface area (Å²) in [5.41, 5.74) is -0.625. The standard InChI is InChI=1S/C15H29F2N/c1-12(2,3)11-14(7,8)9-15(16,17)10-18(11)13(4,5)6/h11H,9-10H2,1-8H3. The number of likely N-dealkylation sites (tertiary alicyclic amines) is 1. The predicted octanol–water partition coefficient (Wildman–Crippen LogP) is 4.57. The van der Waals surface area contributed by atoms with Crippen molar-refractivity contribution in [1.82, 2.24) is 4.90 Å². The molecule has 1 aliphatic rings. The summed E-state index contributed by atoms with van der Waals surface area (Å²) in [5, 5.41) is 0. The fourth-order valence-electron chi connectivity index (χ4n) is 3.85. The van der Waals surface area contributed by atoms with Crippen molar-refractivity contribution in [3.05, 3.63) is 0 Å². The van der Waals surface area contributed by atoms with Crippen LogP contribution in [-0.2, 0) is 0 Å². The van der Waals surface area contributed by atoms with Gasteiger partial charge >= 0.3 is 0 Å². The van der Waals surface area contributed by atoms with Crippen LogP contribution < -0.4 is 0 Å². The zero-order valence-corrected chi connectivity index (χ0v) is 13.2. The highest BCUT2D eigenvalue weighted by atomic mass is 19.3. The van der Waals surface area contributed by atoms with E-state index >= 15 is 0 Å². The molecule has 0 amide bonds. The van der Waals surface area contributed by atoms with Crippen LogP contribution in [0.2, 0.25) is 0 Å². The van der Waals surface area contributed by atoms with E-state index in [1.54, 1.807) is 0 Å². The van der Waals surface area contributed by atoms with Crippen LogP contribution in [-0.4, -0.2) is 28.9 Å². The maximum absolute atomic E-state index is 14.0. The molecule has 0 aliphatic carbocycles. The molecular weight excluding hydrogens is 232 g/mol. The Hall–Kier alpha value is -0.180. The van der Waals surface area contributed by atoms with Crippen LogP contribution in [0.5, 0.6) is 0 Å². The van der Waals surface area contributed by atoms with Crippen molar-refractivity contribution in [2.75, 3.05) is 6.54 Å². The average molecular weight is 261 g/mol. The first-order valence-corrected chi connectivity index (χ1v) is 6.81. The molecule has 1 saturated heterocycles. The van der Waals surface area contributed by atoms with Crippen LogP contribution in [0.4, 0.5) is 8.78 Å². The largest absolute Gasteiger partial charge is 0.289 e. The van der Waals surface area contributed by atoms with Gasteiger partial charge in [-0.1, -0.05) is 34.6 Å². The number of piperidine rings is 1. The lowest BCUT2D eigenvalue weighted by Crippen LogP contribution is -2.66. The van der Waals surface area contributed by atoms with Crippen molar-refractivity contribution >= 4 is 0 Å². The third kappa shape index (κ3) is 3.23. The zero-order chi connectivity index (χ0) is 14.6. The van der Waals surface area contributed by atoms with Gasteiger partial charge in [-0.15, -0.1) is 0 Å². The molecule has 0 spiro atoms. The van der Waals surface area contributed by atoms with Gasteiger partial charge in [0.1, 0.15) is 0 Å². The highest BCUT2D eigenvalue weighted by molar-refractivity contribution is 5.04. The van der Waals surface area contributed by atoms with E-state index in [1.807, 2.05) is 39.5 Å². The molecule has 3 heteroatoms. The smallest absolute Gasteiger partial charge is 0.261 e. The van der Waals surface area contributed by atoms with E-state index in [-0.39, 0.29) is 35.4 Å². The van der Waals surface area contributed by atoms with Crippen LogP contribution in [0.25, 0.3) is 0 Å². The summed E-state index contributed by atoms with van der Waals surface area (Å²) >= 11 is 0. The molecule has 0 aromatic heterocycles. The number of rotatable bonds is 0. The van der Waals surface area contributed by atoms with Crippen molar-refractivity contribution in [2.24, 2.45) is 10.8 Å². The fourth-order valence-corrected chi connectivity index (χ4v) is 3.85. The summed E-state index contributed by atoms with van der Waals surface area (Å²) in [7, 11) is 0. The molecule has 1 unspecified atom stereocenters. The zero-order valence-electron chi connectivity index (χ0n) is 13.2. The van der Waals surface area contributed by atoms with Crippen LogP contribution in [0.3, 0.4) is 0 Å². The Balaban J connectivity index is 3.25. The number of hydrogen-bond donors (Lipinski definition) is 0. The van der Waals surface area contributed by atoms with Gasteiger partial charge in [0.05, 0.1) is 6.54 Å². The molecule has 0 radical (unpaired) electrons. The average Bonchev–Trinajstić information content (AvgIpc) is 1.92. The lowest BCUT2D eigenvalue weighted by molar-refractivity contribution is -0.179. The number of halogens is 2. The van der Waals surface area contributed by atoms with Crippen molar-refractivity contribution < 1.29 is 8.78 Å². The molecule has 18 heavy (non-hydrogen) atoms. The van der Waals surface area contributed by atoms with E-state index in [4.69, 9.17) is 0 Å². The molecule has 1 aliphatic heterocycles. The first kappa shape index (κ1) is 15.9. The van der Waals surface area contributed by atoms with Crippen molar-refractivity contribution in [3.8, 4) is 0 Å². The van der Waals surface area contributed by atoms with Gasteiger partial charge < -0.3 is 0 Å². The van der Waals surface area contributed by atoms with E-state index in [0.29, 0.717) is 0 Å². The van der Waals surface area contributed by atoms with E-state index in [1.165, 1.54) is 0 Å². The Morgan fingerprint density at radius 1 is 1.00 bits per heavy atom. The molecule has 1 heterocycles. The van der Waals surface area contributed by atoms with Crippen LogP contribution >= 0.6 is 0 Å². The third-order valence-electron chi connectivity index (χ3n) is 3.85. The number of alkyl halides is 2. The van der Waals surface area contributed by atoms with Gasteiger partial charge in [-0.3, -0.25) is 4.90 Å². The monoisotopic (exact) mass is 261 g/mol. The predicted molar refractivity (Wildman–Crippen MR) is 73.0 cm³/mol. The molecule has 1 rings (SSSR count). The molecule has 0 saturated carbocycles. The van der Waals surface area contributed by atoms with Crippen LogP contribution in [0.1, 0.15) is 61.8 Å². The van der Waals surface area contributed by atoms with Gasteiger partial charge in [-0.25, -0.2) is 8.78 Å². The minimum absolute atomic E-state index is 0.00667. The second-order valence-electron chi connectivity index (χ2n) is 8.59. The molecule has 1 atom stereocenters. The summed E-state index contributed by atoms with van der Waals surface area (Å²) in [4.78, 5) is 2.01. The normalized spacial score (nSPS) is 29.3. The van der Waals surface area contributed by atoms with Crippen LogP contribution in [0.15, 0.2) is 0 Å². The Morgan fingerprint density at radius 3 is 1.78 bits per heavy atom. The Labute approximate surface area is 111 Å². The summed E-state index contributed by atoms with van der Waals surface area (Å²) in [6.45, 7) is 16.4. The molecule has 1 nitrogen and oxygen atoms in total. The van der Waals surface area contributed by atoms with E-state index in [9.17, 15) is 8.78 Å². The van der Waals surface area contributed by atoms with E-state index in [2.05, 4.69) is 20.8 Å². The lowest BCUT2D eigenvalue weighted by Gasteiger charge is -2.58. The minimum atomic E-state index is -2.58. The van der Waals surface area contributed by atoms with E-state index < -0.39 is 5.92 Å². The Bertz CT molecular complexity index is 307. The molecule has 0 bridgehead atoms. The first-order valence-electron chi connectivity index (χ1n) is 6.81. The van der Waals surface area contributed by atoms with Gasteiger partial charge in [0, 0.05) is 18.0 Å². The van der Waals surface area contributed by atoms with Crippen molar-refractivity contribution in [3.63, 3.8) is 0 Å². The van der Waals surface area contributed by atoms with Crippen molar-refractivity contribution in [1.29, 1.82) is 0 Å². The lowest BCUT2D eigenvalue weighted by atomic mass is 9.64. The highest BCUT2D eigenvalue weighted by Gasteiger charge is 2.55. The summed E-state index contributed by atoms with van der Waals surface area (Å²) in [6, 6.07) is 0.157. The van der Waals surface area contributed by atoms with Gasteiger partial charge in [-0.05, 0) is 31.6 Å². The van der Waals surface area contributed by atoms with Gasteiger partial charge in [-0.2, -0.15) is 0 Å². The SMILES string of the molecule is CC(C)(C)C1N(C(C)(C)C)CC(F)(F)CC1(C)C. The van der Waals surface area contributed by atoms with Crippen molar-refractivity contribution in [2.45, 2.75) is 79.3 Å². The summed E-state index contributed by atoms with van der Waals surface area (Å²) in [5.74, 6) is -2.58. The van der Waals surface area contributed by atoms with Gasteiger partial charge in [0.25, 0.3) is 5.92 Å². The molecule has 0 aromatic rings.